The molecular weight excluding hydrogens is 305 g/mol. The van der Waals surface area contributed by atoms with E-state index in [1.165, 1.54) is 0 Å². The molecule has 0 spiro atoms. The third-order valence-corrected chi connectivity index (χ3v) is 4.14. The lowest BCUT2D eigenvalue weighted by atomic mass is 9.97. The highest BCUT2D eigenvalue weighted by Crippen LogP contribution is 2.31. The molecule has 0 aliphatic rings. The Kier molecular flexibility index (Phi) is 5.51. The van der Waals surface area contributed by atoms with Crippen molar-refractivity contribution in [1.29, 1.82) is 0 Å². The molecule has 0 amide bonds. The zero-order chi connectivity index (χ0) is 15.4. The molecule has 2 aromatic carbocycles. The number of aryl methyl sites for hydroxylation is 1. The van der Waals surface area contributed by atoms with Gasteiger partial charge in [0.25, 0.3) is 0 Å². The number of benzene rings is 2. The van der Waals surface area contributed by atoms with Crippen LogP contribution >= 0.6 is 23.2 Å². The van der Waals surface area contributed by atoms with Gasteiger partial charge in [-0.25, -0.2) is 0 Å². The third kappa shape index (κ3) is 3.91. The maximum absolute atomic E-state index is 6.34. The number of rotatable bonds is 5. The maximum atomic E-state index is 6.34. The molecule has 2 rings (SSSR count). The first-order valence-corrected chi connectivity index (χ1v) is 7.56. The minimum Gasteiger partial charge on any atom is -0.496 e. The summed E-state index contributed by atoms with van der Waals surface area (Å²) >= 11 is 12.4. The van der Waals surface area contributed by atoms with E-state index in [1.54, 1.807) is 7.11 Å². The molecule has 21 heavy (non-hydrogen) atoms. The number of hydrogen-bond donors (Lipinski definition) is 1. The molecule has 112 valence electrons. The molecule has 0 saturated carbocycles. The first kappa shape index (κ1) is 16.2. The van der Waals surface area contributed by atoms with Crippen LogP contribution in [0.15, 0.2) is 36.4 Å². The van der Waals surface area contributed by atoms with Gasteiger partial charge in [0.15, 0.2) is 0 Å². The van der Waals surface area contributed by atoms with Gasteiger partial charge in [-0.2, -0.15) is 0 Å². The van der Waals surface area contributed by atoms with Crippen LogP contribution in [0, 0.1) is 6.92 Å². The van der Waals surface area contributed by atoms with Gasteiger partial charge in [-0.05, 0) is 49.7 Å². The van der Waals surface area contributed by atoms with Crippen LogP contribution in [-0.4, -0.2) is 14.2 Å². The highest BCUT2D eigenvalue weighted by atomic mass is 35.5. The zero-order valence-electron chi connectivity index (χ0n) is 12.4. The van der Waals surface area contributed by atoms with Crippen molar-refractivity contribution in [3.8, 4) is 5.75 Å². The first-order valence-electron chi connectivity index (χ1n) is 6.81. The van der Waals surface area contributed by atoms with Crippen LogP contribution in [0.5, 0.6) is 5.75 Å². The zero-order valence-corrected chi connectivity index (χ0v) is 13.9. The van der Waals surface area contributed by atoms with Gasteiger partial charge < -0.3 is 10.1 Å². The normalized spacial score (nSPS) is 12.2. The summed E-state index contributed by atoms with van der Waals surface area (Å²) in [6.07, 6.45) is 0.785. The van der Waals surface area contributed by atoms with Gasteiger partial charge in [0.2, 0.25) is 0 Å². The van der Waals surface area contributed by atoms with Crippen molar-refractivity contribution in [3.05, 3.63) is 63.1 Å². The van der Waals surface area contributed by atoms with E-state index < -0.39 is 0 Å². The summed E-state index contributed by atoms with van der Waals surface area (Å²) in [5.41, 5.74) is 3.34. The molecule has 1 unspecified atom stereocenters. The molecule has 4 heteroatoms. The third-order valence-electron chi connectivity index (χ3n) is 3.55. The molecule has 2 nitrogen and oxygen atoms in total. The number of methoxy groups -OCH3 is 1. The van der Waals surface area contributed by atoms with Crippen LogP contribution in [0.3, 0.4) is 0 Å². The Labute approximate surface area is 136 Å². The fraction of sp³-hybridized carbons (Fsp3) is 0.294. The predicted molar refractivity (Wildman–Crippen MR) is 89.7 cm³/mol. The van der Waals surface area contributed by atoms with Gasteiger partial charge in [0.1, 0.15) is 5.75 Å². The standard InChI is InChI=1S/C17H19Cl2NO/c1-11-4-5-12(15(19)8-11)9-16(20-2)14-7-6-13(18)10-17(14)21-3/h4-8,10,16,20H,9H2,1-3H3. The Morgan fingerprint density at radius 2 is 1.90 bits per heavy atom. The fourth-order valence-corrected chi connectivity index (χ4v) is 2.85. The summed E-state index contributed by atoms with van der Waals surface area (Å²) < 4.78 is 5.44. The first-order chi connectivity index (χ1) is 10.0. The molecule has 0 bridgehead atoms. The minimum absolute atomic E-state index is 0.109. The predicted octanol–water partition coefficient (Wildman–Crippen LogP) is 4.81. The summed E-state index contributed by atoms with van der Waals surface area (Å²) in [6, 6.07) is 11.9. The molecule has 1 atom stereocenters. The lowest BCUT2D eigenvalue weighted by Gasteiger charge is -2.20. The Hall–Kier alpha value is -1.22. The van der Waals surface area contributed by atoms with Crippen LogP contribution in [0.25, 0.3) is 0 Å². The molecule has 0 aliphatic heterocycles. The summed E-state index contributed by atoms with van der Waals surface area (Å²) in [7, 11) is 3.58. The molecular formula is C17H19Cl2NO. The smallest absolute Gasteiger partial charge is 0.125 e. The van der Waals surface area contributed by atoms with Gasteiger partial charge in [-0.15, -0.1) is 0 Å². The van der Waals surface area contributed by atoms with Gasteiger partial charge in [-0.3, -0.25) is 0 Å². The second kappa shape index (κ2) is 7.17. The lowest BCUT2D eigenvalue weighted by Crippen LogP contribution is -2.19. The second-order valence-corrected chi connectivity index (χ2v) is 5.87. The Bertz CT molecular complexity index is 628. The molecule has 0 radical (unpaired) electrons. The van der Waals surface area contributed by atoms with Crippen molar-refractivity contribution < 1.29 is 4.74 Å². The molecule has 0 aliphatic carbocycles. The van der Waals surface area contributed by atoms with Crippen LogP contribution in [0.2, 0.25) is 10.0 Å². The Morgan fingerprint density at radius 1 is 1.14 bits per heavy atom. The van der Waals surface area contributed by atoms with Gasteiger partial charge in [-0.1, -0.05) is 41.4 Å². The monoisotopic (exact) mass is 323 g/mol. The summed E-state index contributed by atoms with van der Waals surface area (Å²) in [4.78, 5) is 0. The van der Waals surface area contributed by atoms with Crippen LogP contribution in [0.4, 0.5) is 0 Å². The largest absolute Gasteiger partial charge is 0.496 e. The van der Waals surface area contributed by atoms with E-state index in [4.69, 9.17) is 27.9 Å². The van der Waals surface area contributed by atoms with E-state index in [2.05, 4.69) is 17.4 Å². The Balaban J connectivity index is 2.32. The number of hydrogen-bond acceptors (Lipinski definition) is 2. The SMILES string of the molecule is CNC(Cc1ccc(C)cc1Cl)c1ccc(Cl)cc1OC. The van der Waals surface area contributed by atoms with Crippen molar-refractivity contribution in [2.24, 2.45) is 0 Å². The molecule has 0 aromatic heterocycles. The topological polar surface area (TPSA) is 21.3 Å². The van der Waals surface area contributed by atoms with E-state index >= 15 is 0 Å². The van der Waals surface area contributed by atoms with Crippen molar-refractivity contribution in [2.45, 2.75) is 19.4 Å². The summed E-state index contributed by atoms with van der Waals surface area (Å²) in [5, 5.41) is 4.78. The highest BCUT2D eigenvalue weighted by molar-refractivity contribution is 6.31. The quantitative estimate of drug-likeness (QED) is 0.852. The minimum atomic E-state index is 0.109. The van der Waals surface area contributed by atoms with E-state index in [0.29, 0.717) is 5.02 Å². The van der Waals surface area contributed by atoms with Crippen molar-refractivity contribution >= 4 is 23.2 Å². The Morgan fingerprint density at radius 3 is 2.52 bits per heavy atom. The van der Waals surface area contributed by atoms with Crippen molar-refractivity contribution in [1.82, 2.24) is 5.32 Å². The summed E-state index contributed by atoms with van der Waals surface area (Å²) in [5.74, 6) is 0.782. The average molecular weight is 324 g/mol. The lowest BCUT2D eigenvalue weighted by molar-refractivity contribution is 0.401. The molecule has 1 N–H and O–H groups in total. The number of halogens is 2. The maximum Gasteiger partial charge on any atom is 0.125 e. The van der Waals surface area contributed by atoms with Gasteiger partial charge >= 0.3 is 0 Å². The number of nitrogens with one attached hydrogen (secondary N) is 1. The molecule has 2 aromatic rings. The van der Waals surface area contributed by atoms with Crippen molar-refractivity contribution in [2.75, 3.05) is 14.2 Å². The van der Waals surface area contributed by atoms with E-state index in [0.717, 1.165) is 33.9 Å². The second-order valence-electron chi connectivity index (χ2n) is 5.03. The van der Waals surface area contributed by atoms with E-state index in [-0.39, 0.29) is 6.04 Å². The number of likely N-dealkylation sites (N-methyl/N-ethyl adjacent to an activating group) is 1. The van der Waals surface area contributed by atoms with Crippen LogP contribution in [-0.2, 0) is 6.42 Å². The summed E-state index contributed by atoms with van der Waals surface area (Å²) in [6.45, 7) is 2.04. The highest BCUT2D eigenvalue weighted by Gasteiger charge is 2.16. The molecule has 0 fully saturated rings. The van der Waals surface area contributed by atoms with Crippen molar-refractivity contribution in [3.63, 3.8) is 0 Å². The fourth-order valence-electron chi connectivity index (χ4n) is 2.38. The van der Waals surface area contributed by atoms with Gasteiger partial charge in [0, 0.05) is 21.7 Å². The molecule has 0 saturated heterocycles. The number of ether oxygens (including phenoxy) is 1. The van der Waals surface area contributed by atoms with E-state index in [9.17, 15) is 0 Å². The molecule has 0 heterocycles. The van der Waals surface area contributed by atoms with E-state index in [1.807, 2.05) is 38.2 Å². The average Bonchev–Trinajstić information content (AvgIpc) is 2.47. The van der Waals surface area contributed by atoms with Crippen LogP contribution in [0.1, 0.15) is 22.7 Å². The van der Waals surface area contributed by atoms with Crippen LogP contribution < -0.4 is 10.1 Å². The van der Waals surface area contributed by atoms with Gasteiger partial charge in [0.05, 0.1) is 7.11 Å².